The Bertz CT molecular complexity index is 263. The molecular formula is C10H16OSSn. The molecule has 0 saturated carbocycles. The number of hydrogen-bond donors (Lipinski definition) is 0. The Morgan fingerprint density at radius 2 is 1.62 bits per heavy atom. The van der Waals surface area contributed by atoms with Gasteiger partial charge in [-0.1, -0.05) is 0 Å². The third-order valence-electron chi connectivity index (χ3n) is 1.48. The molecule has 0 atom stereocenters. The molecule has 1 rings (SSSR count). The Morgan fingerprint density at radius 1 is 1.08 bits per heavy atom. The first kappa shape index (κ1) is 11.2. The van der Waals surface area contributed by atoms with Gasteiger partial charge in [-0.3, -0.25) is 0 Å². The molecule has 0 aliphatic rings. The number of rotatable bonds is 3. The van der Waals surface area contributed by atoms with E-state index in [9.17, 15) is 0 Å². The van der Waals surface area contributed by atoms with Crippen molar-refractivity contribution in [2.24, 2.45) is 0 Å². The second-order valence-electron chi connectivity index (χ2n) is 3.89. The van der Waals surface area contributed by atoms with Crippen LogP contribution in [0.1, 0.15) is 0 Å². The molecule has 0 spiro atoms. The van der Waals surface area contributed by atoms with Gasteiger partial charge in [0.05, 0.1) is 0 Å². The SMILES string of the molecule is COc1ccc([S][Sn]([CH3])([CH3])[CH3])cc1. The summed E-state index contributed by atoms with van der Waals surface area (Å²) in [5, 5.41) is 0. The summed E-state index contributed by atoms with van der Waals surface area (Å²) in [4.78, 5) is 8.64. The van der Waals surface area contributed by atoms with E-state index in [1.54, 1.807) is 7.11 Å². The quantitative estimate of drug-likeness (QED) is 0.789. The van der Waals surface area contributed by atoms with Crippen LogP contribution in [0.25, 0.3) is 0 Å². The van der Waals surface area contributed by atoms with Crippen molar-refractivity contribution in [3.8, 4) is 5.75 Å². The molecule has 13 heavy (non-hydrogen) atoms. The third kappa shape index (κ3) is 4.27. The standard InChI is InChI=1S/C7H8OS.3CH3.Sn/c1-8-6-2-4-7(9)5-3-6;;;;/h2-5,9H,1H3;3*1H3;/q;;;;+1/p-1. The molecule has 0 radical (unpaired) electrons. The first-order chi connectivity index (χ1) is 6.01. The average molecular weight is 303 g/mol. The maximum atomic E-state index is 5.11. The van der Waals surface area contributed by atoms with Crippen LogP contribution in [0.5, 0.6) is 5.75 Å². The minimum atomic E-state index is -1.73. The van der Waals surface area contributed by atoms with Crippen LogP contribution in [0, 0.1) is 0 Å². The van der Waals surface area contributed by atoms with E-state index in [2.05, 4.69) is 35.9 Å². The predicted molar refractivity (Wildman–Crippen MR) is 62.2 cm³/mol. The first-order valence-corrected chi connectivity index (χ1v) is 17.2. The molecule has 0 heterocycles. The normalized spacial score (nSPS) is 11.4. The van der Waals surface area contributed by atoms with Crippen LogP contribution in [0.3, 0.4) is 0 Å². The zero-order chi connectivity index (χ0) is 9.90. The summed E-state index contributed by atoms with van der Waals surface area (Å²) in [6.45, 7) is 0. The topological polar surface area (TPSA) is 9.23 Å². The molecule has 72 valence electrons. The molecule has 0 fully saturated rings. The average Bonchev–Trinajstić information content (AvgIpc) is 2.03. The molecule has 0 aromatic heterocycles. The first-order valence-electron chi connectivity index (χ1n) is 4.34. The molecule has 1 aromatic rings. The van der Waals surface area contributed by atoms with E-state index >= 15 is 0 Å². The Hall–Kier alpha value is 0.169. The minimum absolute atomic E-state index is 0.938. The summed E-state index contributed by atoms with van der Waals surface area (Å²) in [5.41, 5.74) is 0. The van der Waals surface area contributed by atoms with Gasteiger partial charge in [0, 0.05) is 0 Å². The van der Waals surface area contributed by atoms with Crippen LogP contribution in [0.4, 0.5) is 0 Å². The van der Waals surface area contributed by atoms with Gasteiger partial charge in [0.1, 0.15) is 0 Å². The molecule has 0 amide bonds. The van der Waals surface area contributed by atoms with E-state index in [1.807, 2.05) is 12.1 Å². The third-order valence-corrected chi connectivity index (χ3v) is 9.87. The Kier molecular flexibility index (Phi) is 3.98. The molecule has 1 aromatic carbocycles. The van der Waals surface area contributed by atoms with Gasteiger partial charge < -0.3 is 0 Å². The molecule has 1 nitrogen and oxygen atoms in total. The number of hydrogen-bond acceptors (Lipinski definition) is 2. The van der Waals surface area contributed by atoms with Gasteiger partial charge in [-0.25, -0.2) is 0 Å². The van der Waals surface area contributed by atoms with Crippen molar-refractivity contribution >= 4 is 25.9 Å². The van der Waals surface area contributed by atoms with Crippen molar-refractivity contribution in [2.75, 3.05) is 7.11 Å². The molecule has 0 saturated heterocycles. The maximum absolute atomic E-state index is 5.11. The Morgan fingerprint density at radius 3 is 2.00 bits per heavy atom. The van der Waals surface area contributed by atoms with Crippen LogP contribution in [-0.2, 0) is 0 Å². The summed E-state index contributed by atoms with van der Waals surface area (Å²) in [6, 6.07) is 8.34. The Balaban J connectivity index is 2.70. The fraction of sp³-hybridized carbons (Fsp3) is 0.400. The monoisotopic (exact) mass is 304 g/mol. The number of benzene rings is 1. The molecule has 0 unspecified atom stereocenters. The number of methoxy groups -OCH3 is 1. The van der Waals surface area contributed by atoms with Gasteiger partial charge in [-0.05, 0) is 0 Å². The van der Waals surface area contributed by atoms with E-state index < -0.39 is 17.0 Å². The van der Waals surface area contributed by atoms with Gasteiger partial charge in [-0.2, -0.15) is 0 Å². The van der Waals surface area contributed by atoms with Gasteiger partial charge in [0.2, 0.25) is 0 Å². The fourth-order valence-corrected chi connectivity index (χ4v) is 9.20. The molecule has 0 N–H and O–H groups in total. The zero-order valence-corrected chi connectivity index (χ0v) is 12.3. The summed E-state index contributed by atoms with van der Waals surface area (Å²) < 4.78 is 5.11. The summed E-state index contributed by atoms with van der Waals surface area (Å²) >= 11 is -1.73. The van der Waals surface area contributed by atoms with Crippen molar-refractivity contribution in [3.05, 3.63) is 24.3 Å². The Labute approximate surface area is 87.2 Å². The van der Waals surface area contributed by atoms with Crippen LogP contribution in [0.2, 0.25) is 14.8 Å². The van der Waals surface area contributed by atoms with Crippen molar-refractivity contribution in [1.82, 2.24) is 0 Å². The van der Waals surface area contributed by atoms with Gasteiger partial charge >= 0.3 is 87.5 Å². The van der Waals surface area contributed by atoms with Crippen LogP contribution < -0.4 is 4.74 Å². The van der Waals surface area contributed by atoms with E-state index in [4.69, 9.17) is 4.74 Å². The van der Waals surface area contributed by atoms with E-state index in [1.165, 1.54) is 4.90 Å². The second kappa shape index (κ2) is 4.60. The van der Waals surface area contributed by atoms with Crippen LogP contribution >= 0.6 is 8.95 Å². The van der Waals surface area contributed by atoms with E-state index in [-0.39, 0.29) is 0 Å². The summed E-state index contributed by atoms with van der Waals surface area (Å²) in [5.74, 6) is 0.938. The fourth-order valence-electron chi connectivity index (χ4n) is 0.997. The van der Waals surface area contributed by atoms with Crippen LogP contribution in [-0.4, -0.2) is 24.1 Å². The summed E-state index contributed by atoms with van der Waals surface area (Å²) in [7, 11) is 3.77. The van der Waals surface area contributed by atoms with Crippen molar-refractivity contribution in [1.29, 1.82) is 0 Å². The van der Waals surface area contributed by atoms with E-state index in [0.717, 1.165) is 5.75 Å². The van der Waals surface area contributed by atoms with Gasteiger partial charge in [-0.15, -0.1) is 0 Å². The van der Waals surface area contributed by atoms with Gasteiger partial charge in [0.15, 0.2) is 0 Å². The predicted octanol–water partition coefficient (Wildman–Crippen LogP) is 3.62. The molecule has 0 aliphatic heterocycles. The number of ether oxygens (including phenoxy) is 1. The molecule has 0 aliphatic carbocycles. The second-order valence-corrected chi connectivity index (χ2v) is 26.6. The van der Waals surface area contributed by atoms with Crippen molar-refractivity contribution in [3.63, 3.8) is 0 Å². The van der Waals surface area contributed by atoms with Crippen LogP contribution in [0.15, 0.2) is 29.2 Å². The molecule has 0 bridgehead atoms. The van der Waals surface area contributed by atoms with E-state index in [0.29, 0.717) is 0 Å². The van der Waals surface area contributed by atoms with Crippen molar-refractivity contribution < 1.29 is 4.74 Å². The molecular weight excluding hydrogens is 287 g/mol. The van der Waals surface area contributed by atoms with Crippen molar-refractivity contribution in [2.45, 2.75) is 19.7 Å². The molecule has 3 heteroatoms. The van der Waals surface area contributed by atoms with Gasteiger partial charge in [0.25, 0.3) is 0 Å². The zero-order valence-electron chi connectivity index (χ0n) is 8.63. The summed E-state index contributed by atoms with van der Waals surface area (Å²) in [6.07, 6.45) is 0.